The standard InChI is InChI=1S/C18H18N6O/c19-7-1-8-24-9-6-14-10-21-18(23-17(14)24)22-15-4-2-13(3-5-15)16-11-20-12-25-16/h2-6,9-12H,1,7-8,19H2,(H,21,22,23). The van der Waals surface area contributed by atoms with Crippen LogP contribution in [0.3, 0.4) is 0 Å². The zero-order chi connectivity index (χ0) is 17.1. The second-order valence-corrected chi connectivity index (χ2v) is 5.69. The number of anilines is 2. The van der Waals surface area contributed by atoms with E-state index >= 15 is 0 Å². The van der Waals surface area contributed by atoms with E-state index in [4.69, 9.17) is 10.2 Å². The Labute approximate surface area is 144 Å². The van der Waals surface area contributed by atoms with Gasteiger partial charge in [-0.3, -0.25) is 0 Å². The molecule has 126 valence electrons. The van der Waals surface area contributed by atoms with Gasteiger partial charge in [-0.15, -0.1) is 0 Å². The maximum absolute atomic E-state index is 5.60. The monoisotopic (exact) mass is 334 g/mol. The van der Waals surface area contributed by atoms with Crippen LogP contribution >= 0.6 is 0 Å². The molecule has 3 heterocycles. The molecule has 0 unspecified atom stereocenters. The average molecular weight is 334 g/mol. The number of aromatic nitrogens is 4. The predicted molar refractivity (Wildman–Crippen MR) is 96.4 cm³/mol. The highest BCUT2D eigenvalue weighted by Gasteiger charge is 2.06. The van der Waals surface area contributed by atoms with E-state index in [1.54, 1.807) is 6.20 Å². The average Bonchev–Trinajstić information content (AvgIpc) is 3.31. The molecule has 7 nitrogen and oxygen atoms in total. The minimum atomic E-state index is 0.563. The van der Waals surface area contributed by atoms with Crippen LogP contribution in [-0.2, 0) is 6.54 Å². The number of hydrogen-bond acceptors (Lipinski definition) is 6. The van der Waals surface area contributed by atoms with Gasteiger partial charge in [0.25, 0.3) is 0 Å². The van der Waals surface area contributed by atoms with Crippen LogP contribution < -0.4 is 11.1 Å². The highest BCUT2D eigenvalue weighted by Crippen LogP contribution is 2.22. The molecule has 7 heteroatoms. The van der Waals surface area contributed by atoms with Crippen LogP contribution in [0.2, 0.25) is 0 Å². The third-order valence-electron chi connectivity index (χ3n) is 3.96. The van der Waals surface area contributed by atoms with Crippen LogP contribution in [0.25, 0.3) is 22.4 Å². The fourth-order valence-corrected chi connectivity index (χ4v) is 2.68. The van der Waals surface area contributed by atoms with E-state index < -0.39 is 0 Å². The van der Waals surface area contributed by atoms with Gasteiger partial charge >= 0.3 is 0 Å². The van der Waals surface area contributed by atoms with Crippen molar-refractivity contribution in [1.29, 1.82) is 0 Å². The Morgan fingerprint density at radius 3 is 2.76 bits per heavy atom. The maximum Gasteiger partial charge on any atom is 0.229 e. The number of nitrogens with zero attached hydrogens (tertiary/aromatic N) is 4. The number of oxazole rings is 1. The van der Waals surface area contributed by atoms with Crippen molar-refractivity contribution >= 4 is 22.7 Å². The van der Waals surface area contributed by atoms with Gasteiger partial charge in [-0.25, -0.2) is 9.97 Å². The van der Waals surface area contributed by atoms with Crippen LogP contribution in [-0.4, -0.2) is 26.1 Å². The SMILES string of the molecule is NCCCn1ccc2cnc(Nc3ccc(-c4cnco4)cc3)nc21. The lowest BCUT2D eigenvalue weighted by molar-refractivity contribution is 0.572. The molecule has 0 saturated heterocycles. The fraction of sp³-hybridized carbons (Fsp3) is 0.167. The molecular formula is C18H18N6O. The molecule has 0 radical (unpaired) electrons. The molecule has 0 fully saturated rings. The first-order valence-corrected chi connectivity index (χ1v) is 8.11. The largest absolute Gasteiger partial charge is 0.444 e. The second kappa shape index (κ2) is 6.74. The van der Waals surface area contributed by atoms with Crippen LogP contribution in [0.4, 0.5) is 11.6 Å². The van der Waals surface area contributed by atoms with Crippen molar-refractivity contribution in [3.05, 3.63) is 55.3 Å². The summed E-state index contributed by atoms with van der Waals surface area (Å²) >= 11 is 0. The number of rotatable bonds is 6. The molecule has 0 atom stereocenters. The van der Waals surface area contributed by atoms with E-state index in [-0.39, 0.29) is 0 Å². The summed E-state index contributed by atoms with van der Waals surface area (Å²) in [6.07, 6.45) is 7.87. The van der Waals surface area contributed by atoms with E-state index in [0.29, 0.717) is 12.5 Å². The molecular weight excluding hydrogens is 316 g/mol. The Morgan fingerprint density at radius 1 is 1.12 bits per heavy atom. The Morgan fingerprint density at radius 2 is 2.00 bits per heavy atom. The normalized spacial score (nSPS) is 11.1. The molecule has 0 bridgehead atoms. The Kier molecular flexibility index (Phi) is 4.14. The van der Waals surface area contributed by atoms with Gasteiger partial charge in [0.15, 0.2) is 12.2 Å². The van der Waals surface area contributed by atoms with Crippen molar-refractivity contribution in [3.8, 4) is 11.3 Å². The number of nitrogens with two attached hydrogens (primary N) is 1. The summed E-state index contributed by atoms with van der Waals surface area (Å²) in [5.74, 6) is 1.30. The molecule has 0 amide bonds. The first kappa shape index (κ1) is 15.3. The van der Waals surface area contributed by atoms with Crippen molar-refractivity contribution in [2.75, 3.05) is 11.9 Å². The quantitative estimate of drug-likeness (QED) is 0.562. The first-order valence-electron chi connectivity index (χ1n) is 8.11. The lowest BCUT2D eigenvalue weighted by atomic mass is 10.2. The van der Waals surface area contributed by atoms with Gasteiger partial charge < -0.3 is 20.0 Å². The molecule has 4 rings (SSSR count). The van der Waals surface area contributed by atoms with Crippen LogP contribution in [0, 0.1) is 0 Å². The minimum Gasteiger partial charge on any atom is -0.444 e. The Bertz CT molecular complexity index is 959. The molecule has 0 aliphatic rings. The molecule has 0 aliphatic carbocycles. The van der Waals surface area contributed by atoms with Gasteiger partial charge in [0.2, 0.25) is 5.95 Å². The molecule has 1 aromatic carbocycles. The molecule has 25 heavy (non-hydrogen) atoms. The van der Waals surface area contributed by atoms with Gasteiger partial charge in [0, 0.05) is 35.6 Å². The molecule has 0 aliphatic heterocycles. The smallest absolute Gasteiger partial charge is 0.229 e. The predicted octanol–water partition coefficient (Wildman–Crippen LogP) is 3.18. The summed E-state index contributed by atoms with van der Waals surface area (Å²) < 4.78 is 7.39. The van der Waals surface area contributed by atoms with Crippen molar-refractivity contribution in [1.82, 2.24) is 19.5 Å². The van der Waals surface area contributed by atoms with Crippen molar-refractivity contribution in [2.45, 2.75) is 13.0 Å². The molecule has 4 aromatic rings. The van der Waals surface area contributed by atoms with Gasteiger partial charge in [-0.2, -0.15) is 4.98 Å². The molecule has 3 aromatic heterocycles. The zero-order valence-corrected chi connectivity index (χ0v) is 13.6. The van der Waals surface area contributed by atoms with E-state index in [1.165, 1.54) is 6.39 Å². The molecule has 3 N–H and O–H groups in total. The summed E-state index contributed by atoms with van der Waals surface area (Å²) in [5, 5.41) is 4.25. The zero-order valence-electron chi connectivity index (χ0n) is 13.6. The summed E-state index contributed by atoms with van der Waals surface area (Å²) in [6, 6.07) is 9.86. The topological polar surface area (TPSA) is 94.8 Å². The van der Waals surface area contributed by atoms with E-state index in [1.807, 2.05) is 42.7 Å². The highest BCUT2D eigenvalue weighted by atomic mass is 16.3. The van der Waals surface area contributed by atoms with Crippen LogP contribution in [0.1, 0.15) is 6.42 Å². The molecule has 0 saturated carbocycles. The van der Waals surface area contributed by atoms with Crippen molar-refractivity contribution in [3.63, 3.8) is 0 Å². The van der Waals surface area contributed by atoms with Gasteiger partial charge in [-0.05, 0) is 43.3 Å². The van der Waals surface area contributed by atoms with E-state index in [0.717, 1.165) is 41.0 Å². The fourth-order valence-electron chi connectivity index (χ4n) is 2.68. The van der Waals surface area contributed by atoms with Gasteiger partial charge in [0.1, 0.15) is 5.65 Å². The van der Waals surface area contributed by atoms with Crippen LogP contribution in [0.5, 0.6) is 0 Å². The molecule has 0 spiro atoms. The van der Waals surface area contributed by atoms with E-state index in [9.17, 15) is 0 Å². The Balaban J connectivity index is 1.55. The second-order valence-electron chi connectivity index (χ2n) is 5.69. The summed E-state index contributed by atoms with van der Waals surface area (Å²) in [6.45, 7) is 1.51. The van der Waals surface area contributed by atoms with Gasteiger partial charge in [-0.1, -0.05) is 0 Å². The lowest BCUT2D eigenvalue weighted by Crippen LogP contribution is -2.06. The maximum atomic E-state index is 5.60. The van der Waals surface area contributed by atoms with Gasteiger partial charge in [0.05, 0.1) is 6.20 Å². The van der Waals surface area contributed by atoms with Crippen molar-refractivity contribution < 1.29 is 4.42 Å². The lowest BCUT2D eigenvalue weighted by Gasteiger charge is -2.07. The third kappa shape index (κ3) is 3.22. The summed E-state index contributed by atoms with van der Waals surface area (Å²) in [4.78, 5) is 12.9. The van der Waals surface area contributed by atoms with E-state index in [2.05, 4.69) is 24.8 Å². The summed E-state index contributed by atoms with van der Waals surface area (Å²) in [5.41, 5.74) is 8.38. The number of aryl methyl sites for hydroxylation is 1. The highest BCUT2D eigenvalue weighted by molar-refractivity contribution is 5.77. The Hall–Kier alpha value is -3.19. The minimum absolute atomic E-state index is 0.563. The van der Waals surface area contributed by atoms with Crippen LogP contribution in [0.15, 0.2) is 59.7 Å². The number of fused-ring (bicyclic) bond motifs is 1. The first-order chi connectivity index (χ1) is 12.3. The van der Waals surface area contributed by atoms with Crippen molar-refractivity contribution in [2.24, 2.45) is 5.73 Å². The number of nitrogens with one attached hydrogen (secondary N) is 1. The number of benzene rings is 1. The third-order valence-corrected chi connectivity index (χ3v) is 3.96. The summed E-state index contributed by atoms with van der Waals surface area (Å²) in [7, 11) is 0. The number of hydrogen-bond donors (Lipinski definition) is 2.